The van der Waals surface area contributed by atoms with Gasteiger partial charge in [-0.05, 0) is 38.8 Å². The third kappa shape index (κ3) is 4.18. The number of hydrogen-bond donors (Lipinski definition) is 1. The van der Waals surface area contributed by atoms with Gasteiger partial charge in [0.2, 0.25) is 10.0 Å². The fourth-order valence-corrected chi connectivity index (χ4v) is 4.65. The highest BCUT2D eigenvalue weighted by molar-refractivity contribution is 7.92. The Morgan fingerprint density at radius 1 is 1.11 bits per heavy atom. The van der Waals surface area contributed by atoms with E-state index in [-0.39, 0.29) is 27.1 Å². The lowest BCUT2D eigenvalue weighted by molar-refractivity contribution is 0.528. The number of aromatic nitrogens is 3. The molecule has 0 radical (unpaired) electrons. The molecule has 12 heteroatoms. The lowest BCUT2D eigenvalue weighted by Crippen LogP contribution is -2.28. The fraction of sp³-hybridized carbons (Fsp3) is 0.438. The number of nitrogens with one attached hydrogen (secondary N) is 1. The molecule has 0 bridgehead atoms. The molecule has 1 saturated heterocycles. The van der Waals surface area contributed by atoms with Crippen molar-refractivity contribution in [2.45, 2.75) is 31.6 Å². The van der Waals surface area contributed by atoms with Crippen LogP contribution in [0.15, 0.2) is 29.2 Å². The van der Waals surface area contributed by atoms with Crippen molar-refractivity contribution in [3.05, 3.63) is 35.5 Å². The molecule has 1 aliphatic heterocycles. The Hall–Kier alpha value is -2.05. The number of nitrogens with zero attached hydrogens (tertiary/aromatic N) is 4. The molecule has 1 N–H and O–H groups in total. The van der Waals surface area contributed by atoms with Crippen molar-refractivity contribution >= 4 is 43.1 Å². The van der Waals surface area contributed by atoms with Crippen LogP contribution >= 0.6 is 12.2 Å². The molecule has 2 heterocycles. The Labute approximate surface area is 169 Å². The molecular formula is C16H21N5O4S3. The zero-order valence-electron chi connectivity index (χ0n) is 15.5. The summed E-state index contributed by atoms with van der Waals surface area (Å²) in [6, 6.07) is 6.21. The Bertz CT molecular complexity index is 1090. The van der Waals surface area contributed by atoms with Gasteiger partial charge in [0.05, 0.1) is 10.6 Å². The summed E-state index contributed by atoms with van der Waals surface area (Å²) >= 11 is 5.44. The number of hydrogen-bond acceptors (Lipinski definition) is 7. The highest BCUT2D eigenvalue weighted by Gasteiger charge is 2.29. The SMILES string of the molecule is CCS(=O)(=O)Nc1nn(S(=O)(=O)c2ccc(C)cc2)nc1C(=S)N1CCCC1. The van der Waals surface area contributed by atoms with Crippen LogP contribution in [0.3, 0.4) is 0 Å². The maximum absolute atomic E-state index is 12.9. The molecule has 2 aromatic rings. The Balaban J connectivity index is 2.07. The Morgan fingerprint density at radius 3 is 2.29 bits per heavy atom. The number of benzene rings is 1. The molecule has 0 saturated carbocycles. The van der Waals surface area contributed by atoms with Crippen LogP contribution in [-0.4, -0.2) is 60.0 Å². The molecule has 0 aliphatic carbocycles. The predicted octanol–water partition coefficient (Wildman–Crippen LogP) is 1.36. The van der Waals surface area contributed by atoms with Gasteiger partial charge in [0, 0.05) is 13.1 Å². The summed E-state index contributed by atoms with van der Waals surface area (Å²) in [6.45, 7) is 4.72. The van der Waals surface area contributed by atoms with Crippen LogP contribution in [0, 0.1) is 6.92 Å². The molecule has 0 amide bonds. The lowest BCUT2D eigenvalue weighted by atomic mass is 10.2. The molecule has 1 aromatic carbocycles. The molecule has 0 spiro atoms. The normalized spacial score (nSPS) is 15.0. The van der Waals surface area contributed by atoms with Gasteiger partial charge in [-0.2, -0.15) is 8.42 Å². The van der Waals surface area contributed by atoms with E-state index in [1.54, 1.807) is 12.1 Å². The maximum atomic E-state index is 12.9. The second kappa shape index (κ2) is 7.76. The molecule has 1 aromatic heterocycles. The highest BCUT2D eigenvalue weighted by Crippen LogP contribution is 2.21. The minimum Gasteiger partial charge on any atom is -0.361 e. The van der Waals surface area contributed by atoms with Crippen LogP contribution in [-0.2, 0) is 20.0 Å². The summed E-state index contributed by atoms with van der Waals surface area (Å²) in [7, 11) is -7.79. The Morgan fingerprint density at radius 2 is 1.71 bits per heavy atom. The monoisotopic (exact) mass is 443 g/mol. The topological polar surface area (TPSA) is 114 Å². The van der Waals surface area contributed by atoms with Crippen molar-refractivity contribution in [2.24, 2.45) is 0 Å². The van der Waals surface area contributed by atoms with Crippen LogP contribution in [0.2, 0.25) is 0 Å². The first-order valence-electron chi connectivity index (χ1n) is 8.73. The molecular weight excluding hydrogens is 422 g/mol. The van der Waals surface area contributed by atoms with Gasteiger partial charge < -0.3 is 4.90 Å². The standard InChI is InChI=1S/C16H21N5O4S3/c1-3-27(22,23)19-15-14(16(26)20-10-4-5-11-20)17-21(18-15)28(24,25)13-8-6-12(2)7-9-13/h6-9H,3-5,10-11H2,1-2H3,(H,18,19). The molecule has 9 nitrogen and oxygen atoms in total. The van der Waals surface area contributed by atoms with Crippen molar-refractivity contribution in [3.8, 4) is 0 Å². The average Bonchev–Trinajstić information content (AvgIpc) is 3.31. The van der Waals surface area contributed by atoms with E-state index in [0.717, 1.165) is 18.4 Å². The van der Waals surface area contributed by atoms with Crippen LogP contribution in [0.1, 0.15) is 31.0 Å². The molecule has 152 valence electrons. The van der Waals surface area contributed by atoms with Gasteiger partial charge in [0.15, 0.2) is 11.5 Å². The van der Waals surface area contributed by atoms with Gasteiger partial charge >= 0.3 is 0 Å². The van der Waals surface area contributed by atoms with Gasteiger partial charge in [-0.15, -0.1) is 10.2 Å². The van der Waals surface area contributed by atoms with E-state index in [9.17, 15) is 16.8 Å². The highest BCUT2D eigenvalue weighted by atomic mass is 32.2. The lowest BCUT2D eigenvalue weighted by Gasteiger charge is -2.17. The van der Waals surface area contributed by atoms with Gasteiger partial charge in [-0.1, -0.05) is 34.1 Å². The number of aryl methyl sites for hydroxylation is 1. The number of anilines is 1. The third-order valence-corrected chi connectivity index (χ3v) is 7.53. The first-order chi connectivity index (χ1) is 13.1. The number of thiocarbonyl (C=S) groups is 1. The first-order valence-corrected chi connectivity index (χ1v) is 12.2. The third-order valence-electron chi connectivity index (χ3n) is 4.36. The quantitative estimate of drug-likeness (QED) is 0.666. The molecule has 28 heavy (non-hydrogen) atoms. The zero-order valence-corrected chi connectivity index (χ0v) is 17.9. The van der Waals surface area contributed by atoms with Crippen molar-refractivity contribution in [2.75, 3.05) is 23.6 Å². The van der Waals surface area contributed by atoms with Gasteiger partial charge in [0.25, 0.3) is 10.0 Å². The van der Waals surface area contributed by atoms with E-state index in [4.69, 9.17) is 12.2 Å². The molecule has 0 atom stereocenters. The van der Waals surface area contributed by atoms with Crippen LogP contribution in [0.5, 0.6) is 0 Å². The molecule has 0 unspecified atom stereocenters. The Kier molecular flexibility index (Phi) is 5.73. The fourth-order valence-electron chi connectivity index (χ4n) is 2.70. The van der Waals surface area contributed by atoms with Crippen molar-refractivity contribution in [3.63, 3.8) is 0 Å². The van der Waals surface area contributed by atoms with Crippen molar-refractivity contribution in [1.29, 1.82) is 0 Å². The van der Waals surface area contributed by atoms with E-state index in [0.29, 0.717) is 17.3 Å². The van der Waals surface area contributed by atoms with Crippen molar-refractivity contribution in [1.82, 2.24) is 19.3 Å². The average molecular weight is 444 g/mol. The zero-order chi connectivity index (χ0) is 20.5. The summed E-state index contributed by atoms with van der Waals surface area (Å²) in [5.74, 6) is -0.380. The van der Waals surface area contributed by atoms with Crippen LogP contribution in [0.4, 0.5) is 5.82 Å². The number of sulfonamides is 1. The smallest absolute Gasteiger partial charge is 0.299 e. The number of likely N-dealkylation sites (tertiary alicyclic amines) is 1. The first kappa shape index (κ1) is 20.7. The summed E-state index contributed by atoms with van der Waals surface area (Å²) in [6.07, 6.45) is 1.90. The maximum Gasteiger partial charge on any atom is 0.299 e. The number of rotatable bonds is 6. The van der Waals surface area contributed by atoms with Crippen molar-refractivity contribution < 1.29 is 16.8 Å². The summed E-state index contributed by atoms with van der Waals surface area (Å²) in [5, 5.41) is 7.97. The largest absolute Gasteiger partial charge is 0.361 e. The second-order valence-corrected chi connectivity index (χ2v) is 10.6. The van der Waals surface area contributed by atoms with E-state index in [1.165, 1.54) is 19.1 Å². The molecule has 1 aliphatic rings. The van der Waals surface area contributed by atoms with Gasteiger partial charge in [-0.25, -0.2) is 8.42 Å². The van der Waals surface area contributed by atoms with Gasteiger partial charge in [-0.3, -0.25) is 4.72 Å². The molecule has 3 rings (SSSR count). The van der Waals surface area contributed by atoms with Gasteiger partial charge in [0.1, 0.15) is 4.99 Å². The summed E-state index contributed by atoms with van der Waals surface area (Å²) in [4.78, 5) is 2.14. The van der Waals surface area contributed by atoms with E-state index >= 15 is 0 Å². The predicted molar refractivity (Wildman–Crippen MR) is 109 cm³/mol. The summed E-state index contributed by atoms with van der Waals surface area (Å²) in [5.41, 5.74) is 0.935. The van der Waals surface area contributed by atoms with Crippen LogP contribution in [0.25, 0.3) is 0 Å². The second-order valence-electron chi connectivity index (χ2n) is 6.44. The molecule has 1 fully saturated rings. The van der Waals surface area contributed by atoms with E-state index in [2.05, 4.69) is 14.9 Å². The minimum atomic E-state index is -4.10. The van der Waals surface area contributed by atoms with E-state index in [1.807, 2.05) is 11.8 Å². The minimum absolute atomic E-state index is 0.00311. The summed E-state index contributed by atoms with van der Waals surface area (Å²) < 4.78 is 52.7. The van der Waals surface area contributed by atoms with Crippen LogP contribution < -0.4 is 4.72 Å². The van der Waals surface area contributed by atoms with E-state index < -0.39 is 20.0 Å².